The first kappa shape index (κ1) is 17.0. The number of para-hydroxylation sites is 2. The molecule has 0 aliphatic rings. The van der Waals surface area contributed by atoms with Crippen LogP contribution < -0.4 is 10.1 Å². The van der Waals surface area contributed by atoms with Gasteiger partial charge in [-0.05, 0) is 36.9 Å². The first-order chi connectivity index (χ1) is 11.1. The third kappa shape index (κ3) is 5.38. The predicted molar refractivity (Wildman–Crippen MR) is 89.0 cm³/mol. The molecule has 0 saturated heterocycles. The Morgan fingerprint density at radius 3 is 2.57 bits per heavy atom. The zero-order valence-electron chi connectivity index (χ0n) is 13.4. The van der Waals surface area contributed by atoms with Gasteiger partial charge in [0.25, 0.3) is 0 Å². The number of amides is 1. The van der Waals surface area contributed by atoms with E-state index in [-0.39, 0.29) is 11.7 Å². The van der Waals surface area contributed by atoms with Gasteiger partial charge in [0.2, 0.25) is 5.91 Å². The molecule has 1 N–H and O–H groups in total. The van der Waals surface area contributed by atoms with Crippen LogP contribution in [-0.2, 0) is 11.3 Å². The minimum atomic E-state index is -0.243. The lowest BCUT2D eigenvalue weighted by molar-refractivity contribution is -0.116. The van der Waals surface area contributed by atoms with Gasteiger partial charge < -0.3 is 15.0 Å². The second-order valence-electron chi connectivity index (χ2n) is 5.36. The van der Waals surface area contributed by atoms with Crippen molar-refractivity contribution in [3.8, 4) is 5.75 Å². The van der Waals surface area contributed by atoms with Gasteiger partial charge in [-0.15, -0.1) is 0 Å². The van der Waals surface area contributed by atoms with Crippen molar-refractivity contribution >= 4 is 11.6 Å². The van der Waals surface area contributed by atoms with E-state index in [1.807, 2.05) is 24.1 Å². The van der Waals surface area contributed by atoms with Crippen LogP contribution in [0.4, 0.5) is 10.1 Å². The smallest absolute Gasteiger partial charge is 0.225 e. The predicted octanol–water partition coefficient (Wildman–Crippen LogP) is 3.29. The Balaban J connectivity index is 1.80. The van der Waals surface area contributed by atoms with E-state index in [4.69, 9.17) is 4.74 Å². The maximum absolute atomic E-state index is 12.9. The maximum Gasteiger partial charge on any atom is 0.225 e. The molecule has 5 heteroatoms. The average Bonchev–Trinajstić information content (AvgIpc) is 2.55. The van der Waals surface area contributed by atoms with Crippen molar-refractivity contribution in [3.05, 3.63) is 59.9 Å². The van der Waals surface area contributed by atoms with E-state index < -0.39 is 0 Å². The molecule has 0 bridgehead atoms. The second-order valence-corrected chi connectivity index (χ2v) is 5.36. The Hall–Kier alpha value is -2.40. The van der Waals surface area contributed by atoms with E-state index in [0.29, 0.717) is 30.9 Å². The molecule has 2 rings (SSSR count). The lowest BCUT2D eigenvalue weighted by atomic mass is 10.2. The monoisotopic (exact) mass is 316 g/mol. The topological polar surface area (TPSA) is 41.6 Å². The van der Waals surface area contributed by atoms with Crippen LogP contribution in [0.2, 0.25) is 0 Å². The van der Waals surface area contributed by atoms with Crippen molar-refractivity contribution in [2.75, 3.05) is 26.0 Å². The lowest BCUT2D eigenvalue weighted by Crippen LogP contribution is -2.24. The highest BCUT2D eigenvalue weighted by molar-refractivity contribution is 5.92. The number of carbonyl (C=O) groups is 1. The van der Waals surface area contributed by atoms with E-state index in [1.54, 1.807) is 31.4 Å². The van der Waals surface area contributed by atoms with E-state index in [0.717, 1.165) is 5.56 Å². The molecule has 2 aromatic carbocycles. The highest BCUT2D eigenvalue weighted by Crippen LogP contribution is 2.23. The van der Waals surface area contributed by atoms with Gasteiger partial charge in [-0.3, -0.25) is 4.79 Å². The molecule has 0 fully saturated rings. The summed E-state index contributed by atoms with van der Waals surface area (Å²) in [6.07, 6.45) is 0.371. The van der Waals surface area contributed by atoms with Crippen LogP contribution in [0.5, 0.6) is 5.75 Å². The van der Waals surface area contributed by atoms with Gasteiger partial charge >= 0.3 is 0 Å². The van der Waals surface area contributed by atoms with E-state index in [2.05, 4.69) is 5.32 Å². The van der Waals surface area contributed by atoms with Crippen molar-refractivity contribution in [2.45, 2.75) is 13.0 Å². The number of hydrogen-bond acceptors (Lipinski definition) is 3. The molecule has 0 aliphatic carbocycles. The van der Waals surface area contributed by atoms with Crippen LogP contribution in [0.3, 0.4) is 0 Å². The number of ether oxygens (including phenoxy) is 1. The number of carbonyl (C=O) groups excluding carboxylic acids is 1. The molecule has 1 amide bonds. The van der Waals surface area contributed by atoms with Gasteiger partial charge in [-0.2, -0.15) is 0 Å². The van der Waals surface area contributed by atoms with Crippen LogP contribution in [-0.4, -0.2) is 31.5 Å². The van der Waals surface area contributed by atoms with Gasteiger partial charge in [0.05, 0.1) is 12.8 Å². The fourth-order valence-electron chi connectivity index (χ4n) is 2.23. The van der Waals surface area contributed by atoms with Crippen LogP contribution >= 0.6 is 0 Å². The number of benzene rings is 2. The Labute approximate surface area is 135 Å². The molecular weight excluding hydrogens is 295 g/mol. The van der Waals surface area contributed by atoms with Gasteiger partial charge in [0, 0.05) is 19.5 Å². The molecule has 0 saturated carbocycles. The summed E-state index contributed by atoms with van der Waals surface area (Å²) in [6, 6.07) is 13.7. The van der Waals surface area contributed by atoms with Crippen LogP contribution in [0.25, 0.3) is 0 Å². The molecule has 2 aromatic rings. The number of nitrogens with one attached hydrogen (secondary N) is 1. The molecule has 0 unspecified atom stereocenters. The summed E-state index contributed by atoms with van der Waals surface area (Å²) < 4.78 is 18.1. The Bertz CT molecular complexity index is 644. The first-order valence-electron chi connectivity index (χ1n) is 7.44. The largest absolute Gasteiger partial charge is 0.495 e. The summed E-state index contributed by atoms with van der Waals surface area (Å²) in [6.45, 7) is 1.28. The Morgan fingerprint density at radius 1 is 1.17 bits per heavy atom. The number of anilines is 1. The third-order valence-corrected chi connectivity index (χ3v) is 3.47. The van der Waals surface area contributed by atoms with Crippen molar-refractivity contribution in [1.29, 1.82) is 0 Å². The lowest BCUT2D eigenvalue weighted by Gasteiger charge is -2.17. The van der Waals surface area contributed by atoms with Crippen molar-refractivity contribution in [3.63, 3.8) is 0 Å². The standard InChI is InChI=1S/C18H21FN2O2/c1-21(13-14-7-9-15(19)10-8-14)12-11-18(22)20-16-5-3-4-6-17(16)23-2/h3-10H,11-13H2,1-2H3,(H,20,22). The van der Waals surface area contributed by atoms with Crippen LogP contribution in [0.1, 0.15) is 12.0 Å². The molecule has 0 atom stereocenters. The van der Waals surface area contributed by atoms with Gasteiger partial charge in [0.1, 0.15) is 11.6 Å². The average molecular weight is 316 g/mol. The van der Waals surface area contributed by atoms with Gasteiger partial charge in [-0.1, -0.05) is 24.3 Å². The Morgan fingerprint density at radius 2 is 1.87 bits per heavy atom. The third-order valence-electron chi connectivity index (χ3n) is 3.47. The highest BCUT2D eigenvalue weighted by Gasteiger charge is 2.08. The zero-order chi connectivity index (χ0) is 16.7. The Kier molecular flexibility index (Phi) is 6.11. The fourth-order valence-corrected chi connectivity index (χ4v) is 2.23. The number of nitrogens with zero attached hydrogens (tertiary/aromatic N) is 1. The molecule has 0 aliphatic heterocycles. The maximum atomic E-state index is 12.9. The quantitative estimate of drug-likeness (QED) is 0.852. The van der Waals surface area contributed by atoms with Crippen LogP contribution in [0.15, 0.2) is 48.5 Å². The van der Waals surface area contributed by atoms with Crippen molar-refractivity contribution in [2.24, 2.45) is 0 Å². The summed E-state index contributed by atoms with van der Waals surface area (Å²) in [7, 11) is 3.50. The van der Waals surface area contributed by atoms with Crippen molar-refractivity contribution in [1.82, 2.24) is 4.90 Å². The number of methoxy groups -OCH3 is 1. The minimum Gasteiger partial charge on any atom is -0.495 e. The summed E-state index contributed by atoms with van der Waals surface area (Å²) in [5.74, 6) is 0.327. The molecule has 0 radical (unpaired) electrons. The van der Waals surface area contributed by atoms with Gasteiger partial charge in [0.15, 0.2) is 0 Å². The van der Waals surface area contributed by atoms with Crippen LogP contribution in [0, 0.1) is 5.82 Å². The summed E-state index contributed by atoms with van der Waals surface area (Å²) in [5, 5.41) is 2.85. The van der Waals surface area contributed by atoms with Crippen molar-refractivity contribution < 1.29 is 13.9 Å². The zero-order valence-corrected chi connectivity index (χ0v) is 13.4. The summed E-state index contributed by atoms with van der Waals surface area (Å²) in [4.78, 5) is 14.1. The van der Waals surface area contributed by atoms with E-state index in [1.165, 1.54) is 12.1 Å². The van der Waals surface area contributed by atoms with Gasteiger partial charge in [-0.25, -0.2) is 4.39 Å². The molecule has 0 heterocycles. The molecule has 23 heavy (non-hydrogen) atoms. The van der Waals surface area contributed by atoms with E-state index in [9.17, 15) is 9.18 Å². The fraction of sp³-hybridized carbons (Fsp3) is 0.278. The molecule has 122 valence electrons. The summed E-state index contributed by atoms with van der Waals surface area (Å²) in [5.41, 5.74) is 1.68. The SMILES string of the molecule is COc1ccccc1NC(=O)CCN(C)Cc1ccc(F)cc1. The van der Waals surface area contributed by atoms with E-state index >= 15 is 0 Å². The molecule has 0 spiro atoms. The molecule has 0 aromatic heterocycles. The summed E-state index contributed by atoms with van der Waals surface area (Å²) >= 11 is 0. The molecule has 4 nitrogen and oxygen atoms in total. The highest BCUT2D eigenvalue weighted by atomic mass is 19.1. The second kappa shape index (κ2) is 8.29. The minimum absolute atomic E-state index is 0.0690. The molecular formula is C18H21FN2O2. The first-order valence-corrected chi connectivity index (χ1v) is 7.44. The number of hydrogen-bond donors (Lipinski definition) is 1. The number of halogens is 1. The number of rotatable bonds is 7. The normalized spacial score (nSPS) is 10.6.